The number of aryl methyl sites for hydroxylation is 1. The maximum Gasteiger partial charge on any atom is 0.407 e. The van der Waals surface area contributed by atoms with Crippen LogP contribution in [0.3, 0.4) is 0 Å². The number of nitriles is 1. The number of alkyl carbamates (subject to hydrolysis) is 1. The molecule has 1 aliphatic rings. The number of anilines is 1. The number of amides is 3. The Labute approximate surface area is 295 Å². The second-order valence-corrected chi connectivity index (χ2v) is 11.8. The molecule has 4 aromatic rings. The smallest absolute Gasteiger partial charge is 0.407 e. The van der Waals surface area contributed by atoms with E-state index in [9.17, 15) is 19.5 Å². The lowest BCUT2D eigenvalue weighted by Crippen LogP contribution is -2.51. The second kappa shape index (κ2) is 17.5. The number of ether oxygens (including phenoxy) is 4. The van der Waals surface area contributed by atoms with Crippen molar-refractivity contribution in [2.45, 2.75) is 37.0 Å². The molecule has 3 N–H and O–H groups in total. The summed E-state index contributed by atoms with van der Waals surface area (Å²) in [7, 11) is 2.67. The van der Waals surface area contributed by atoms with Gasteiger partial charge >= 0.3 is 12.2 Å². The summed E-state index contributed by atoms with van der Waals surface area (Å²) >= 11 is 0. The molecule has 264 valence electrons. The molecule has 3 atom stereocenters. The number of aromatic nitrogens is 1. The Morgan fingerprint density at radius 1 is 0.961 bits per heavy atom. The highest BCUT2D eigenvalue weighted by molar-refractivity contribution is 5.99. The Bertz CT molecular complexity index is 1780. The summed E-state index contributed by atoms with van der Waals surface area (Å²) in [5.74, 6) is -0.415. The number of carboxylic acid groups (broad SMARTS) is 1. The molecule has 0 bridgehead atoms. The second-order valence-electron chi connectivity index (χ2n) is 11.8. The first-order valence-electron chi connectivity index (χ1n) is 16.3. The lowest BCUT2D eigenvalue weighted by Gasteiger charge is -2.36. The van der Waals surface area contributed by atoms with E-state index < -0.39 is 42.3 Å². The summed E-state index contributed by atoms with van der Waals surface area (Å²) in [5, 5.41) is 24.6. The number of methoxy groups -OCH3 is 2. The number of nitrogens with zero attached hydrogens (tertiary/aromatic N) is 3. The van der Waals surface area contributed by atoms with Gasteiger partial charge in [0.2, 0.25) is 11.8 Å². The van der Waals surface area contributed by atoms with Gasteiger partial charge in [-0.05, 0) is 59.9 Å². The van der Waals surface area contributed by atoms with E-state index in [1.165, 1.54) is 19.1 Å². The van der Waals surface area contributed by atoms with Crippen LogP contribution in [-0.4, -0.2) is 85.2 Å². The van der Waals surface area contributed by atoms with Crippen molar-refractivity contribution in [1.82, 2.24) is 15.2 Å². The normalized spacial score (nSPS) is 16.0. The van der Waals surface area contributed by atoms with Gasteiger partial charge in [-0.3, -0.25) is 4.79 Å². The summed E-state index contributed by atoms with van der Waals surface area (Å²) in [4.78, 5) is 44.6. The van der Waals surface area contributed by atoms with E-state index in [0.29, 0.717) is 35.4 Å². The van der Waals surface area contributed by atoms with Crippen LogP contribution < -0.4 is 20.1 Å². The van der Waals surface area contributed by atoms with Crippen molar-refractivity contribution in [3.05, 3.63) is 119 Å². The van der Waals surface area contributed by atoms with Crippen molar-refractivity contribution in [3.8, 4) is 17.7 Å². The maximum absolute atomic E-state index is 14.3. The van der Waals surface area contributed by atoms with Crippen molar-refractivity contribution in [2.24, 2.45) is 0 Å². The van der Waals surface area contributed by atoms with Crippen LogP contribution in [0.25, 0.3) is 0 Å². The standard InChI is InChI=1S/C38H39N5O8/c1-48-36-33(41-35(44)34(42-37(45)49-2)32(26-9-5-3-6-10-26)27-11-7-4-8-12-27)28(19-20-40-36)15-18-30-22-43(38(46)47)23-31(51-30)24-50-29-16-13-25(21-39)14-17-29/h3-14,16-17,19-20,30-32,34H,15,18,22-24H2,1-2H3,(H,41,44)(H,42,45)(H,46,47)/t30-,31+,34+/m1/s1. The quantitative estimate of drug-likeness (QED) is 0.169. The van der Waals surface area contributed by atoms with Crippen LogP contribution in [0.4, 0.5) is 15.3 Å². The van der Waals surface area contributed by atoms with E-state index in [1.54, 1.807) is 36.5 Å². The van der Waals surface area contributed by atoms with Gasteiger partial charge in [-0.15, -0.1) is 0 Å². The van der Waals surface area contributed by atoms with E-state index in [0.717, 1.165) is 11.1 Å². The number of carbonyl (C=O) groups is 3. The van der Waals surface area contributed by atoms with Gasteiger partial charge in [0.1, 0.15) is 30.2 Å². The monoisotopic (exact) mass is 693 g/mol. The Hall–Kier alpha value is -6.13. The highest BCUT2D eigenvalue weighted by Gasteiger charge is 2.35. The largest absolute Gasteiger partial charge is 0.491 e. The van der Waals surface area contributed by atoms with Gasteiger partial charge in [0.05, 0.1) is 45.0 Å². The first kappa shape index (κ1) is 36.2. The van der Waals surface area contributed by atoms with Crippen molar-refractivity contribution in [3.63, 3.8) is 0 Å². The third-order valence-corrected chi connectivity index (χ3v) is 8.49. The number of benzene rings is 3. The first-order chi connectivity index (χ1) is 24.8. The first-order valence-corrected chi connectivity index (χ1v) is 16.3. The van der Waals surface area contributed by atoms with Gasteiger partial charge in [-0.25, -0.2) is 14.6 Å². The zero-order valence-corrected chi connectivity index (χ0v) is 28.2. The van der Waals surface area contributed by atoms with E-state index in [-0.39, 0.29) is 25.6 Å². The van der Waals surface area contributed by atoms with Gasteiger partial charge in [0.15, 0.2) is 0 Å². The molecule has 5 rings (SSSR count). The average molecular weight is 694 g/mol. The van der Waals surface area contributed by atoms with E-state index >= 15 is 0 Å². The highest BCUT2D eigenvalue weighted by Crippen LogP contribution is 2.32. The van der Waals surface area contributed by atoms with Crippen LogP contribution in [0.15, 0.2) is 97.2 Å². The molecule has 0 saturated carbocycles. The molecule has 1 saturated heterocycles. The number of morpholine rings is 1. The molecule has 0 unspecified atom stereocenters. The van der Waals surface area contributed by atoms with Crippen LogP contribution in [0.2, 0.25) is 0 Å². The minimum absolute atomic E-state index is 0.106. The average Bonchev–Trinajstić information content (AvgIpc) is 3.17. The molecule has 2 heterocycles. The lowest BCUT2D eigenvalue weighted by atomic mass is 9.84. The lowest BCUT2D eigenvalue weighted by molar-refractivity contribution is -0.118. The fraction of sp³-hybridized carbons (Fsp3) is 0.289. The molecular weight excluding hydrogens is 654 g/mol. The molecule has 13 heteroatoms. The topological polar surface area (TPSA) is 172 Å². The van der Waals surface area contributed by atoms with Crippen LogP contribution >= 0.6 is 0 Å². The fourth-order valence-corrected chi connectivity index (χ4v) is 6.03. The molecular formula is C38H39N5O8. The molecule has 13 nitrogen and oxygen atoms in total. The van der Waals surface area contributed by atoms with Crippen molar-refractivity contribution in [2.75, 3.05) is 39.2 Å². The zero-order valence-electron chi connectivity index (χ0n) is 28.2. The highest BCUT2D eigenvalue weighted by atomic mass is 16.5. The van der Waals surface area contributed by atoms with E-state index in [1.807, 2.05) is 60.7 Å². The molecule has 0 aliphatic carbocycles. The summed E-state index contributed by atoms with van der Waals surface area (Å²) in [6.07, 6.45) is -0.550. The molecule has 1 fully saturated rings. The minimum Gasteiger partial charge on any atom is -0.491 e. The Kier molecular flexibility index (Phi) is 12.4. The molecule has 0 radical (unpaired) electrons. The minimum atomic E-state index is -1.11. The summed E-state index contributed by atoms with van der Waals surface area (Å²) < 4.78 is 22.6. The van der Waals surface area contributed by atoms with Crippen molar-refractivity contribution >= 4 is 23.8 Å². The maximum atomic E-state index is 14.3. The molecule has 1 aromatic heterocycles. The Morgan fingerprint density at radius 2 is 1.61 bits per heavy atom. The van der Waals surface area contributed by atoms with Crippen LogP contribution in [-0.2, 0) is 20.7 Å². The third-order valence-electron chi connectivity index (χ3n) is 8.49. The number of carbonyl (C=O) groups excluding carboxylic acids is 2. The number of rotatable bonds is 13. The van der Waals surface area contributed by atoms with Gasteiger partial charge in [-0.1, -0.05) is 60.7 Å². The molecule has 51 heavy (non-hydrogen) atoms. The summed E-state index contributed by atoms with van der Waals surface area (Å²) in [6, 6.07) is 28.1. The van der Waals surface area contributed by atoms with Crippen LogP contribution in [0.5, 0.6) is 11.6 Å². The van der Waals surface area contributed by atoms with Gasteiger partial charge in [0.25, 0.3) is 0 Å². The third kappa shape index (κ3) is 9.52. The molecule has 0 spiro atoms. The Balaban J connectivity index is 1.36. The number of nitrogens with one attached hydrogen (secondary N) is 2. The zero-order chi connectivity index (χ0) is 36.2. The van der Waals surface area contributed by atoms with E-state index in [2.05, 4.69) is 21.7 Å². The van der Waals surface area contributed by atoms with Crippen LogP contribution in [0.1, 0.15) is 34.6 Å². The number of hydrogen-bond donors (Lipinski definition) is 3. The summed E-state index contributed by atoms with van der Waals surface area (Å²) in [5.41, 5.74) is 3.08. The Morgan fingerprint density at radius 3 is 2.20 bits per heavy atom. The van der Waals surface area contributed by atoms with E-state index in [4.69, 9.17) is 24.2 Å². The molecule has 3 aromatic carbocycles. The van der Waals surface area contributed by atoms with Gasteiger partial charge in [-0.2, -0.15) is 5.26 Å². The predicted octanol–water partition coefficient (Wildman–Crippen LogP) is 5.22. The predicted molar refractivity (Wildman–Crippen MR) is 187 cm³/mol. The molecule has 1 aliphatic heterocycles. The van der Waals surface area contributed by atoms with Gasteiger partial charge < -0.3 is 39.6 Å². The van der Waals surface area contributed by atoms with Crippen LogP contribution in [0, 0.1) is 11.3 Å². The van der Waals surface area contributed by atoms with Gasteiger partial charge in [0, 0.05) is 12.1 Å². The van der Waals surface area contributed by atoms with Crippen molar-refractivity contribution < 1.29 is 38.4 Å². The summed E-state index contributed by atoms with van der Waals surface area (Å²) in [6.45, 7) is 0.383. The number of pyridine rings is 1. The SMILES string of the molecule is COC(=O)N[C@H](C(=O)Nc1c(CC[C@@H]2CN(C(=O)O)C[C@@H](COc3ccc(C#N)cc3)O2)ccnc1OC)C(c1ccccc1)c1ccccc1. The number of hydrogen-bond acceptors (Lipinski definition) is 9. The molecule has 3 amide bonds. The van der Waals surface area contributed by atoms with Crippen molar-refractivity contribution in [1.29, 1.82) is 5.26 Å². The fourth-order valence-electron chi connectivity index (χ4n) is 6.03.